The lowest BCUT2D eigenvalue weighted by atomic mass is 9.78. The van der Waals surface area contributed by atoms with Crippen molar-refractivity contribution in [2.75, 3.05) is 6.61 Å². The summed E-state index contributed by atoms with van der Waals surface area (Å²) < 4.78 is 18.4. The van der Waals surface area contributed by atoms with Crippen LogP contribution in [0, 0.1) is 0 Å². The Kier molecular flexibility index (Phi) is 2.85. The normalized spacial score (nSPS) is 47.4. The summed E-state index contributed by atoms with van der Waals surface area (Å²) in [6.07, 6.45) is -1.80. The maximum absolute atomic E-state index is 13.7. The highest BCUT2D eigenvalue weighted by Gasteiger charge is 2.61. The molecule has 3 N–H and O–H groups in total. The lowest BCUT2D eigenvalue weighted by molar-refractivity contribution is -0.144. The van der Waals surface area contributed by atoms with E-state index < -0.39 is 30.2 Å². The van der Waals surface area contributed by atoms with Gasteiger partial charge in [-0.3, -0.25) is 0 Å². The van der Waals surface area contributed by atoms with E-state index in [0.717, 1.165) is 13.9 Å². The molecular formula is C8H12BFO4. The van der Waals surface area contributed by atoms with Crippen molar-refractivity contribution in [2.24, 2.45) is 0 Å². The van der Waals surface area contributed by atoms with Crippen LogP contribution in [0.5, 0.6) is 0 Å². The van der Waals surface area contributed by atoms with Gasteiger partial charge >= 0.3 is 0 Å². The highest BCUT2D eigenvalue weighted by molar-refractivity contribution is 6.14. The number of halogens is 1. The Labute approximate surface area is 81.7 Å². The van der Waals surface area contributed by atoms with Crippen molar-refractivity contribution >= 4 is 7.85 Å². The number of aliphatic hydroxyl groups is 3. The largest absolute Gasteiger partial charge is 0.394 e. The first kappa shape index (κ1) is 11.4. The average molecular weight is 202 g/mol. The van der Waals surface area contributed by atoms with E-state index in [2.05, 4.69) is 17.0 Å². The molecular weight excluding hydrogens is 190 g/mol. The molecule has 0 amide bonds. The minimum absolute atomic E-state index is 0.575. The van der Waals surface area contributed by atoms with E-state index >= 15 is 0 Å². The van der Waals surface area contributed by atoms with Gasteiger partial charge in [0.25, 0.3) is 0 Å². The monoisotopic (exact) mass is 202 g/mol. The van der Waals surface area contributed by atoms with E-state index in [1.54, 1.807) is 0 Å². The van der Waals surface area contributed by atoms with Gasteiger partial charge in [-0.15, -0.1) is 5.73 Å². The van der Waals surface area contributed by atoms with Gasteiger partial charge in [-0.2, -0.15) is 0 Å². The van der Waals surface area contributed by atoms with Crippen LogP contribution in [0.15, 0.2) is 18.4 Å². The van der Waals surface area contributed by atoms with Crippen LogP contribution >= 0.6 is 0 Å². The smallest absolute Gasteiger partial charge is 0.202 e. The molecule has 1 saturated heterocycles. The molecule has 1 aliphatic heterocycles. The maximum atomic E-state index is 13.7. The zero-order valence-corrected chi connectivity index (χ0v) is 7.77. The molecule has 78 valence electrons. The lowest BCUT2D eigenvalue weighted by Crippen LogP contribution is -2.53. The zero-order valence-electron chi connectivity index (χ0n) is 7.77. The fourth-order valence-corrected chi connectivity index (χ4v) is 1.50. The molecule has 1 aliphatic rings. The van der Waals surface area contributed by atoms with Crippen LogP contribution in [0.2, 0.25) is 0 Å². The van der Waals surface area contributed by atoms with Gasteiger partial charge in [0.05, 0.1) is 6.61 Å². The molecule has 4 nitrogen and oxygen atoms in total. The summed E-state index contributed by atoms with van der Waals surface area (Å²) in [5.74, 6) is -2.47. The molecule has 6 heteroatoms. The van der Waals surface area contributed by atoms with E-state index in [9.17, 15) is 14.6 Å². The summed E-state index contributed by atoms with van der Waals surface area (Å²) in [6.45, 7) is 2.61. The molecule has 1 fully saturated rings. The van der Waals surface area contributed by atoms with E-state index in [0.29, 0.717) is 0 Å². The number of hydrogen-bond donors (Lipinski definition) is 3. The minimum atomic E-state index is -2.47. The first-order valence-corrected chi connectivity index (χ1v) is 4.14. The minimum Gasteiger partial charge on any atom is -0.394 e. The number of alkyl halides is 1. The maximum Gasteiger partial charge on any atom is 0.202 e. The van der Waals surface area contributed by atoms with Crippen molar-refractivity contribution in [3.05, 3.63) is 18.4 Å². The Bertz CT molecular complexity index is 277. The summed E-state index contributed by atoms with van der Waals surface area (Å²) in [5.41, 5.74) is -0.0259. The lowest BCUT2D eigenvalue weighted by Gasteiger charge is -2.29. The fraction of sp³-hybridized carbons (Fsp3) is 0.625. The molecule has 0 aromatic carbocycles. The molecule has 0 spiro atoms. The number of rotatable bonds is 2. The van der Waals surface area contributed by atoms with Crippen molar-refractivity contribution in [1.29, 1.82) is 0 Å². The first-order chi connectivity index (χ1) is 6.39. The van der Waals surface area contributed by atoms with Gasteiger partial charge in [0.1, 0.15) is 12.2 Å². The Morgan fingerprint density at radius 1 is 1.71 bits per heavy atom. The van der Waals surface area contributed by atoms with E-state index in [1.165, 1.54) is 0 Å². The number of hydrogen-bond acceptors (Lipinski definition) is 4. The van der Waals surface area contributed by atoms with Crippen LogP contribution in [-0.4, -0.2) is 53.3 Å². The molecule has 0 saturated carbocycles. The average Bonchev–Trinajstić information content (AvgIpc) is 2.27. The third-order valence-corrected chi connectivity index (χ3v) is 2.39. The second kappa shape index (κ2) is 3.49. The zero-order chi connectivity index (χ0) is 11.0. The van der Waals surface area contributed by atoms with Crippen molar-refractivity contribution in [1.82, 2.24) is 0 Å². The summed E-state index contributed by atoms with van der Waals surface area (Å²) in [6, 6.07) is 0. The van der Waals surface area contributed by atoms with Gasteiger partial charge in [0.15, 0.2) is 13.4 Å². The molecule has 1 unspecified atom stereocenters. The fourth-order valence-electron chi connectivity index (χ4n) is 1.50. The highest BCUT2D eigenvalue weighted by atomic mass is 19.2. The number of ether oxygens (including phenoxy) is 1. The molecule has 1 rings (SSSR count). The third-order valence-electron chi connectivity index (χ3n) is 2.39. The van der Waals surface area contributed by atoms with Crippen molar-refractivity contribution < 1.29 is 24.4 Å². The SMILES string of the molecule is B[C@]1(F)O[C@H](CO)C(O)[C@]1(O)C=C=C. The first-order valence-electron chi connectivity index (χ1n) is 4.14. The Balaban J connectivity index is 3.09. The molecule has 1 heterocycles. The van der Waals surface area contributed by atoms with Crippen LogP contribution in [0.3, 0.4) is 0 Å². The molecule has 0 aromatic heterocycles. The molecule has 14 heavy (non-hydrogen) atoms. The highest BCUT2D eigenvalue weighted by Crippen LogP contribution is 2.39. The van der Waals surface area contributed by atoms with E-state index in [4.69, 9.17) is 5.11 Å². The van der Waals surface area contributed by atoms with Crippen LogP contribution in [0.25, 0.3) is 0 Å². The number of aliphatic hydroxyl groups excluding tert-OH is 2. The van der Waals surface area contributed by atoms with E-state index in [1.807, 2.05) is 0 Å². The van der Waals surface area contributed by atoms with Gasteiger partial charge in [0.2, 0.25) is 5.75 Å². The molecule has 4 atom stereocenters. The van der Waals surface area contributed by atoms with Crippen LogP contribution in [-0.2, 0) is 4.74 Å². The summed E-state index contributed by atoms with van der Waals surface area (Å²) in [4.78, 5) is 0. The van der Waals surface area contributed by atoms with Crippen LogP contribution in [0.1, 0.15) is 0 Å². The second-order valence-electron chi connectivity index (χ2n) is 3.37. The summed E-state index contributed by atoms with van der Waals surface area (Å²) in [5, 5.41) is 28.0. The predicted octanol–water partition coefficient (Wildman–Crippen LogP) is -1.93. The molecule has 0 bridgehead atoms. The Morgan fingerprint density at radius 2 is 2.29 bits per heavy atom. The van der Waals surface area contributed by atoms with Crippen LogP contribution in [0.4, 0.5) is 4.39 Å². The van der Waals surface area contributed by atoms with Crippen LogP contribution < -0.4 is 0 Å². The predicted molar refractivity (Wildman–Crippen MR) is 49.0 cm³/mol. The second-order valence-corrected chi connectivity index (χ2v) is 3.37. The van der Waals surface area contributed by atoms with Crippen molar-refractivity contribution in [3.8, 4) is 0 Å². The van der Waals surface area contributed by atoms with E-state index in [-0.39, 0.29) is 0 Å². The molecule has 0 aliphatic carbocycles. The Morgan fingerprint density at radius 3 is 2.64 bits per heavy atom. The summed E-state index contributed by atoms with van der Waals surface area (Å²) >= 11 is 0. The van der Waals surface area contributed by atoms with Gasteiger partial charge in [-0.25, -0.2) is 4.39 Å². The van der Waals surface area contributed by atoms with Crippen molar-refractivity contribution in [3.63, 3.8) is 0 Å². The van der Waals surface area contributed by atoms with Gasteiger partial charge in [-0.1, -0.05) is 6.58 Å². The van der Waals surface area contributed by atoms with Crippen molar-refractivity contribution in [2.45, 2.75) is 23.6 Å². The van der Waals surface area contributed by atoms with Gasteiger partial charge in [-0.05, 0) is 6.08 Å². The molecule has 0 radical (unpaired) electrons. The topological polar surface area (TPSA) is 69.9 Å². The Hall–Kier alpha value is -0.645. The van der Waals surface area contributed by atoms with Gasteiger partial charge < -0.3 is 20.1 Å². The van der Waals surface area contributed by atoms with Gasteiger partial charge in [0, 0.05) is 0 Å². The standard InChI is InChI=1S/C8H12BFO4/c1-2-3-7(13)6(12)5(4-11)14-8(7,9)10/h3,5-6,11-13H,1,4,9H2/t5-,6?,7-,8-/m1/s1. The third kappa shape index (κ3) is 1.41. The summed E-state index contributed by atoms with van der Waals surface area (Å²) in [7, 11) is 0.972. The quantitative estimate of drug-likeness (QED) is 0.360. The molecule has 0 aromatic rings.